The zero-order valence-corrected chi connectivity index (χ0v) is 13.4. The molecule has 1 saturated heterocycles. The molecule has 0 spiro atoms. The Hall–Kier alpha value is -0.0600. The number of quaternary nitrogens is 1. The third kappa shape index (κ3) is 8.66. The van der Waals surface area contributed by atoms with E-state index in [4.69, 9.17) is 10.8 Å². The first-order valence-corrected chi connectivity index (χ1v) is 8.36. The molecule has 0 radical (unpaired) electrons. The zero-order chi connectivity index (χ0) is 15.5. The quantitative estimate of drug-likeness (QED) is 0.676. The lowest BCUT2D eigenvalue weighted by atomic mass is 10.1. The van der Waals surface area contributed by atoms with E-state index in [1.54, 1.807) is 4.90 Å². The smallest absolute Gasteiger partial charge is 0.309 e. The van der Waals surface area contributed by atoms with Crippen LogP contribution in [0.25, 0.3) is 0 Å². The van der Waals surface area contributed by atoms with Crippen LogP contribution in [0.1, 0.15) is 28.6 Å². The molecule has 6 heteroatoms. The summed E-state index contributed by atoms with van der Waals surface area (Å²) in [6.45, 7) is 10.3. The van der Waals surface area contributed by atoms with Crippen LogP contribution in [-0.4, -0.2) is 52.2 Å². The Morgan fingerprint density at radius 2 is 2.00 bits per heavy atom. The summed E-state index contributed by atoms with van der Waals surface area (Å²) in [5, 5.41) is 0. The first kappa shape index (κ1) is 17.0. The summed E-state index contributed by atoms with van der Waals surface area (Å²) in [5.41, 5.74) is 0. The zero-order valence-electron chi connectivity index (χ0n) is 13.6. The fraction of sp³-hybridized carbons (Fsp3) is 1.00. The van der Waals surface area contributed by atoms with Crippen molar-refractivity contribution in [2.45, 2.75) is 33.3 Å². The van der Waals surface area contributed by atoms with Crippen LogP contribution >= 0.6 is 8.03 Å². The third-order valence-electron chi connectivity index (χ3n) is 3.41. The van der Waals surface area contributed by atoms with Crippen molar-refractivity contribution in [1.29, 1.82) is 0 Å². The van der Waals surface area contributed by atoms with E-state index >= 15 is 0 Å². The molecule has 0 aromatic heterocycles. The molecule has 0 saturated carbocycles. The summed E-state index contributed by atoms with van der Waals surface area (Å²) in [4.78, 5) is 12.2. The van der Waals surface area contributed by atoms with Crippen LogP contribution in [0.2, 0.25) is 0 Å². The first-order valence-electron chi connectivity index (χ1n) is 7.58. The largest absolute Gasteiger partial charge is 0.596 e. The molecule has 1 unspecified atom stereocenters. The van der Waals surface area contributed by atoms with Gasteiger partial charge in [-0.25, -0.2) is 0 Å². The van der Waals surface area contributed by atoms with E-state index in [0.29, 0.717) is 13.0 Å². The molecule has 0 aromatic rings. The maximum absolute atomic E-state index is 10.5. The van der Waals surface area contributed by atoms with Gasteiger partial charge in [-0.15, -0.1) is 0 Å². The van der Waals surface area contributed by atoms with Crippen LogP contribution in [-0.2, 0) is 14.0 Å². The van der Waals surface area contributed by atoms with Gasteiger partial charge in [-0.3, -0.25) is 0 Å². The van der Waals surface area contributed by atoms with E-state index < -0.39 is 14.6 Å². The maximum atomic E-state index is 10.5. The molecule has 5 nitrogen and oxygen atoms in total. The van der Waals surface area contributed by atoms with Crippen LogP contribution in [0.3, 0.4) is 0 Å². The summed E-state index contributed by atoms with van der Waals surface area (Å²) in [6, 6.07) is 0. The average Bonchev–Trinajstić information content (AvgIpc) is 2.72. The Labute approximate surface area is 119 Å². The molecule has 1 aliphatic rings. The molecule has 1 N–H and O–H groups in total. The minimum absolute atomic E-state index is 0.0800. The molecule has 1 fully saturated rings. The van der Waals surface area contributed by atoms with Gasteiger partial charge in [0.15, 0.2) is 0 Å². The van der Waals surface area contributed by atoms with E-state index in [1.807, 2.05) is 0 Å². The highest BCUT2D eigenvalue weighted by molar-refractivity contribution is 7.36. The molecule has 0 amide bonds. The van der Waals surface area contributed by atoms with E-state index in [-0.39, 0.29) is 18.2 Å². The summed E-state index contributed by atoms with van der Waals surface area (Å²) >= 11 is 0. The van der Waals surface area contributed by atoms with Crippen LogP contribution in [0.5, 0.6) is 0 Å². The highest BCUT2D eigenvalue weighted by Crippen LogP contribution is 2.27. The SMILES string of the molecule is CC[NH+](CC)CC.[3H][C@H]1C[C@H](C[P+](=O)[O-])[C@@H](COC)O1. The number of methoxy groups -OCH3 is 1. The van der Waals surface area contributed by atoms with Gasteiger partial charge in [-0.2, -0.15) is 0 Å². The number of hydrogen-bond donors (Lipinski definition) is 1. The van der Waals surface area contributed by atoms with Crippen LogP contribution in [0, 0.1) is 5.92 Å². The molecule has 4 atom stereocenters. The molecule has 0 aliphatic carbocycles. The highest BCUT2D eigenvalue weighted by Gasteiger charge is 2.31. The highest BCUT2D eigenvalue weighted by atomic mass is 31.1. The lowest BCUT2D eigenvalue weighted by Gasteiger charge is -2.13. The predicted octanol–water partition coefficient (Wildman–Crippen LogP) is 0.0716. The van der Waals surface area contributed by atoms with Gasteiger partial charge < -0.3 is 19.3 Å². The van der Waals surface area contributed by atoms with Gasteiger partial charge in [0.25, 0.3) is 0 Å². The molecule has 1 rings (SSSR count). The predicted molar refractivity (Wildman–Crippen MR) is 74.8 cm³/mol. The normalized spacial score (nSPS) is 27.8. The van der Waals surface area contributed by atoms with E-state index in [2.05, 4.69) is 20.8 Å². The monoisotopic (exact) mass is 296 g/mol. The van der Waals surface area contributed by atoms with Gasteiger partial charge in [0.2, 0.25) is 0 Å². The average molecular weight is 296 g/mol. The molecular weight excluding hydrogens is 265 g/mol. The molecule has 0 bridgehead atoms. The van der Waals surface area contributed by atoms with E-state index in [9.17, 15) is 9.46 Å². The Morgan fingerprint density at radius 3 is 2.37 bits per heavy atom. The van der Waals surface area contributed by atoms with Crippen molar-refractivity contribution in [3.05, 3.63) is 0 Å². The van der Waals surface area contributed by atoms with Crippen LogP contribution in [0.15, 0.2) is 0 Å². The number of hydrogen-bond acceptors (Lipinski definition) is 4. The third-order valence-corrected chi connectivity index (χ3v) is 4.18. The van der Waals surface area contributed by atoms with Crippen molar-refractivity contribution in [2.24, 2.45) is 5.92 Å². The number of rotatable bonds is 7. The Morgan fingerprint density at radius 1 is 1.42 bits per heavy atom. The minimum atomic E-state index is -2.39. The Balaban J connectivity index is 0.000000441. The van der Waals surface area contributed by atoms with Gasteiger partial charge in [0.05, 0.1) is 33.7 Å². The van der Waals surface area contributed by atoms with Gasteiger partial charge in [-0.05, 0) is 27.2 Å². The van der Waals surface area contributed by atoms with Crippen LogP contribution < -0.4 is 9.79 Å². The molecular formula is C13H29NO4P+. The van der Waals surface area contributed by atoms with Crippen molar-refractivity contribution in [2.75, 3.05) is 46.1 Å². The van der Waals surface area contributed by atoms with Gasteiger partial charge in [0, 0.05) is 19.6 Å². The van der Waals surface area contributed by atoms with Gasteiger partial charge in [-0.1, -0.05) is 4.57 Å². The second kappa shape index (κ2) is 11.7. The van der Waals surface area contributed by atoms with Crippen molar-refractivity contribution < 1.29 is 25.2 Å². The lowest BCUT2D eigenvalue weighted by molar-refractivity contribution is -0.894. The number of ether oxygens (including phenoxy) is 2. The molecule has 19 heavy (non-hydrogen) atoms. The molecule has 1 aliphatic heterocycles. The van der Waals surface area contributed by atoms with Crippen molar-refractivity contribution >= 4 is 8.03 Å². The fourth-order valence-electron chi connectivity index (χ4n) is 2.04. The Bertz CT molecular complexity index is 261. The Kier molecular flexibility index (Phi) is 10.5. The minimum Gasteiger partial charge on any atom is -0.596 e. The topological polar surface area (TPSA) is 63.0 Å². The maximum Gasteiger partial charge on any atom is 0.309 e. The second-order valence-electron chi connectivity index (χ2n) is 4.62. The fourth-order valence-corrected chi connectivity index (χ4v) is 2.81. The molecule has 114 valence electrons. The van der Waals surface area contributed by atoms with E-state index in [0.717, 1.165) is 0 Å². The lowest BCUT2D eigenvalue weighted by Crippen LogP contribution is -3.11. The second-order valence-corrected chi connectivity index (χ2v) is 5.65. The van der Waals surface area contributed by atoms with Crippen molar-refractivity contribution in [3.8, 4) is 0 Å². The van der Waals surface area contributed by atoms with E-state index in [1.165, 1.54) is 26.7 Å². The van der Waals surface area contributed by atoms with Crippen LogP contribution in [0.4, 0.5) is 0 Å². The van der Waals surface area contributed by atoms with Crippen molar-refractivity contribution in [3.63, 3.8) is 0 Å². The summed E-state index contributed by atoms with van der Waals surface area (Å²) in [5.74, 6) is -0.0800. The summed E-state index contributed by atoms with van der Waals surface area (Å²) in [7, 11) is -0.850. The van der Waals surface area contributed by atoms with Crippen molar-refractivity contribution in [1.82, 2.24) is 0 Å². The molecule has 0 aromatic carbocycles. The first-order chi connectivity index (χ1) is 9.48. The standard InChI is InChI=1S/C7H13O4P.C6H15N/c1-10-4-7-6(2-3-11-7)5-12(8)9;1-4-7(5-2)6-3/h6-7H,2-5H2,1H3;4-6H2,1-3H3/p+1/t6-,7-;/m1./s1/i3T;/t3-,6+,7+;/m0.. The summed E-state index contributed by atoms with van der Waals surface area (Å²) < 4.78 is 27.9. The molecule has 1 heterocycles. The summed E-state index contributed by atoms with van der Waals surface area (Å²) in [6.07, 6.45) is 0.344. The number of nitrogens with one attached hydrogen (secondary N) is 1. The van der Waals surface area contributed by atoms with Gasteiger partial charge >= 0.3 is 8.03 Å². The van der Waals surface area contributed by atoms with Gasteiger partial charge in [0.1, 0.15) is 6.16 Å².